The van der Waals surface area contributed by atoms with Gasteiger partial charge in [0.05, 0.1) is 0 Å². The number of nitrogens with two attached hydrogens (primary N) is 1. The van der Waals surface area contributed by atoms with Crippen LogP contribution in [0.15, 0.2) is 0 Å². The molecule has 0 amide bonds. The first-order valence-electron chi connectivity index (χ1n) is 7.12. The fourth-order valence-corrected chi connectivity index (χ4v) is 2.76. The predicted octanol–water partition coefficient (Wildman–Crippen LogP) is 3.26. The maximum atomic E-state index is 6.29. The van der Waals surface area contributed by atoms with Crippen LogP contribution >= 0.6 is 0 Å². The molecule has 2 atom stereocenters. The Morgan fingerprint density at radius 1 is 1.18 bits per heavy atom. The van der Waals surface area contributed by atoms with Crippen LogP contribution < -0.4 is 5.73 Å². The summed E-state index contributed by atoms with van der Waals surface area (Å²) in [6.45, 7) is 12.3. The molecule has 1 aliphatic carbocycles. The van der Waals surface area contributed by atoms with Gasteiger partial charge in [-0.15, -0.1) is 0 Å². The summed E-state index contributed by atoms with van der Waals surface area (Å²) in [6, 6.07) is 0.764. The highest BCUT2D eigenvalue weighted by atomic mass is 15.1. The van der Waals surface area contributed by atoms with E-state index < -0.39 is 0 Å². The lowest BCUT2D eigenvalue weighted by atomic mass is 9.74. The molecule has 0 heterocycles. The molecule has 2 heteroatoms. The Labute approximate surface area is 108 Å². The van der Waals surface area contributed by atoms with Crippen LogP contribution in [0.5, 0.6) is 0 Å². The van der Waals surface area contributed by atoms with Crippen molar-refractivity contribution in [2.75, 3.05) is 13.6 Å². The summed E-state index contributed by atoms with van der Waals surface area (Å²) >= 11 is 0. The maximum Gasteiger partial charge on any atom is 0.0161 e. The molecule has 2 nitrogen and oxygen atoms in total. The standard InChI is InChI=1S/C15H32N2/c1-12-8-7-9-13(10-12)17(6)11-14(2,3)15(4,5)16/h12-13H,7-11,16H2,1-6H3. The average molecular weight is 240 g/mol. The van der Waals surface area contributed by atoms with Gasteiger partial charge in [-0.25, -0.2) is 0 Å². The Kier molecular flexibility index (Phi) is 4.65. The summed E-state index contributed by atoms with van der Waals surface area (Å²) in [7, 11) is 2.27. The van der Waals surface area contributed by atoms with E-state index in [2.05, 4.69) is 46.6 Å². The van der Waals surface area contributed by atoms with Crippen LogP contribution in [-0.4, -0.2) is 30.1 Å². The second-order valence-electron chi connectivity index (χ2n) is 7.45. The first-order valence-corrected chi connectivity index (χ1v) is 7.12. The van der Waals surface area contributed by atoms with Crippen LogP contribution in [0.1, 0.15) is 60.3 Å². The predicted molar refractivity (Wildman–Crippen MR) is 76.1 cm³/mol. The SMILES string of the molecule is CC1CCCC(N(C)CC(C)(C)C(C)(C)N)C1. The van der Waals surface area contributed by atoms with Gasteiger partial charge in [-0.2, -0.15) is 0 Å². The molecule has 0 aromatic rings. The van der Waals surface area contributed by atoms with Gasteiger partial charge in [-0.05, 0) is 45.1 Å². The van der Waals surface area contributed by atoms with Gasteiger partial charge in [0.15, 0.2) is 0 Å². The van der Waals surface area contributed by atoms with Gasteiger partial charge in [0, 0.05) is 18.1 Å². The molecule has 17 heavy (non-hydrogen) atoms. The van der Waals surface area contributed by atoms with Crippen molar-refractivity contribution >= 4 is 0 Å². The first kappa shape index (κ1) is 15.0. The van der Waals surface area contributed by atoms with Gasteiger partial charge in [0.1, 0.15) is 0 Å². The first-order chi connectivity index (χ1) is 7.63. The number of rotatable bonds is 4. The van der Waals surface area contributed by atoms with Crippen LogP contribution in [-0.2, 0) is 0 Å². The Morgan fingerprint density at radius 2 is 1.76 bits per heavy atom. The lowest BCUT2D eigenvalue weighted by molar-refractivity contribution is 0.0791. The molecule has 1 saturated carbocycles. The van der Waals surface area contributed by atoms with Crippen molar-refractivity contribution in [2.45, 2.75) is 71.9 Å². The van der Waals surface area contributed by atoms with Gasteiger partial charge in [0.2, 0.25) is 0 Å². The monoisotopic (exact) mass is 240 g/mol. The van der Waals surface area contributed by atoms with E-state index in [1.165, 1.54) is 25.7 Å². The summed E-state index contributed by atoms with van der Waals surface area (Å²) in [6.07, 6.45) is 5.53. The molecule has 0 saturated heterocycles. The quantitative estimate of drug-likeness (QED) is 0.817. The van der Waals surface area contributed by atoms with E-state index in [1.54, 1.807) is 0 Å². The molecular formula is C15H32N2. The summed E-state index contributed by atoms with van der Waals surface area (Å²) in [4.78, 5) is 2.55. The molecule has 1 aliphatic rings. The van der Waals surface area contributed by atoms with Crippen molar-refractivity contribution in [1.29, 1.82) is 0 Å². The second-order valence-corrected chi connectivity index (χ2v) is 7.45. The molecule has 2 unspecified atom stereocenters. The number of hydrogen-bond donors (Lipinski definition) is 1. The van der Waals surface area contributed by atoms with Crippen LogP contribution in [0.2, 0.25) is 0 Å². The Balaban J connectivity index is 2.56. The minimum Gasteiger partial charge on any atom is -0.325 e. The molecular weight excluding hydrogens is 208 g/mol. The molecule has 0 aromatic heterocycles. The van der Waals surface area contributed by atoms with Crippen molar-refractivity contribution in [1.82, 2.24) is 4.90 Å². The maximum absolute atomic E-state index is 6.29. The molecule has 0 radical (unpaired) electrons. The van der Waals surface area contributed by atoms with Crippen LogP contribution in [0.4, 0.5) is 0 Å². The summed E-state index contributed by atoms with van der Waals surface area (Å²) < 4.78 is 0. The van der Waals surface area contributed by atoms with Crippen molar-refractivity contribution in [2.24, 2.45) is 17.1 Å². The van der Waals surface area contributed by atoms with Gasteiger partial charge >= 0.3 is 0 Å². The summed E-state index contributed by atoms with van der Waals surface area (Å²) in [5.41, 5.74) is 6.32. The molecule has 102 valence electrons. The number of hydrogen-bond acceptors (Lipinski definition) is 2. The van der Waals surface area contributed by atoms with Crippen molar-refractivity contribution < 1.29 is 0 Å². The topological polar surface area (TPSA) is 29.3 Å². The fraction of sp³-hybridized carbons (Fsp3) is 1.00. The zero-order valence-corrected chi connectivity index (χ0v) is 12.7. The van der Waals surface area contributed by atoms with Crippen molar-refractivity contribution in [3.05, 3.63) is 0 Å². The summed E-state index contributed by atoms with van der Waals surface area (Å²) in [5, 5.41) is 0. The fourth-order valence-electron chi connectivity index (χ4n) is 2.76. The minimum atomic E-state index is -0.123. The molecule has 1 fully saturated rings. The highest BCUT2D eigenvalue weighted by Gasteiger charge is 2.36. The van der Waals surface area contributed by atoms with E-state index in [4.69, 9.17) is 5.73 Å². The largest absolute Gasteiger partial charge is 0.325 e. The van der Waals surface area contributed by atoms with Crippen molar-refractivity contribution in [3.8, 4) is 0 Å². The van der Waals surface area contributed by atoms with Gasteiger partial charge in [0.25, 0.3) is 0 Å². The highest BCUT2D eigenvalue weighted by Crippen LogP contribution is 2.32. The minimum absolute atomic E-state index is 0.123. The van der Waals surface area contributed by atoms with E-state index in [-0.39, 0.29) is 11.0 Å². The molecule has 1 rings (SSSR count). The lowest BCUT2D eigenvalue weighted by Gasteiger charge is -2.44. The lowest BCUT2D eigenvalue weighted by Crippen LogP contribution is -2.54. The van der Waals surface area contributed by atoms with E-state index >= 15 is 0 Å². The zero-order chi connectivity index (χ0) is 13.3. The van der Waals surface area contributed by atoms with E-state index in [1.807, 2.05) is 0 Å². The molecule has 0 aliphatic heterocycles. The number of nitrogens with zero attached hydrogens (tertiary/aromatic N) is 1. The Bertz CT molecular complexity index is 240. The van der Waals surface area contributed by atoms with Crippen LogP contribution in [0, 0.1) is 11.3 Å². The van der Waals surface area contributed by atoms with E-state index in [0.717, 1.165) is 18.5 Å². The van der Waals surface area contributed by atoms with Gasteiger partial charge in [-0.1, -0.05) is 33.6 Å². The van der Waals surface area contributed by atoms with Crippen molar-refractivity contribution in [3.63, 3.8) is 0 Å². The third-order valence-corrected chi connectivity index (χ3v) is 4.92. The van der Waals surface area contributed by atoms with Gasteiger partial charge < -0.3 is 10.6 Å². The normalized spacial score (nSPS) is 27.5. The third-order valence-electron chi connectivity index (χ3n) is 4.92. The molecule has 0 spiro atoms. The van der Waals surface area contributed by atoms with E-state index in [0.29, 0.717) is 0 Å². The zero-order valence-electron chi connectivity index (χ0n) is 12.7. The second kappa shape index (κ2) is 5.27. The van der Waals surface area contributed by atoms with Gasteiger partial charge in [-0.3, -0.25) is 0 Å². The molecule has 0 bridgehead atoms. The highest BCUT2D eigenvalue weighted by molar-refractivity contribution is 4.93. The van der Waals surface area contributed by atoms with Crippen LogP contribution in [0.3, 0.4) is 0 Å². The molecule has 0 aromatic carbocycles. The third kappa shape index (κ3) is 3.96. The Morgan fingerprint density at radius 3 is 2.24 bits per heavy atom. The Hall–Kier alpha value is -0.0800. The average Bonchev–Trinajstić information content (AvgIpc) is 2.15. The van der Waals surface area contributed by atoms with Crippen LogP contribution in [0.25, 0.3) is 0 Å². The summed E-state index contributed by atoms with van der Waals surface area (Å²) in [5.74, 6) is 0.894. The molecule has 2 N–H and O–H groups in total. The smallest absolute Gasteiger partial charge is 0.0161 e. The van der Waals surface area contributed by atoms with E-state index in [9.17, 15) is 0 Å².